The molecule has 5 aromatic rings. The lowest BCUT2D eigenvalue weighted by molar-refractivity contribution is -0.145. The molecular weight excluding hydrogens is 631 g/mol. The van der Waals surface area contributed by atoms with Gasteiger partial charge in [-0.2, -0.15) is 23.1 Å². The van der Waals surface area contributed by atoms with Gasteiger partial charge in [-0.05, 0) is 60.2 Å². The van der Waals surface area contributed by atoms with Crippen LogP contribution < -0.4 is 10.6 Å². The zero-order valence-electron chi connectivity index (χ0n) is 22.3. The molecular formula is C26H18Cl2F4N10O2. The normalized spacial score (nSPS) is 11.4. The van der Waals surface area contributed by atoms with Crippen LogP contribution in [0.2, 0.25) is 10.0 Å². The first-order valence-electron chi connectivity index (χ1n) is 12.4. The molecule has 12 nitrogen and oxygen atoms in total. The van der Waals surface area contributed by atoms with E-state index in [9.17, 15) is 27.2 Å². The van der Waals surface area contributed by atoms with Crippen molar-refractivity contribution in [2.45, 2.75) is 26.2 Å². The van der Waals surface area contributed by atoms with Crippen LogP contribution >= 0.6 is 23.2 Å². The average Bonchev–Trinajstić information content (AvgIpc) is 3.62. The van der Waals surface area contributed by atoms with Crippen molar-refractivity contribution < 1.29 is 27.2 Å². The number of halogens is 6. The van der Waals surface area contributed by atoms with E-state index in [2.05, 4.69) is 41.1 Å². The fourth-order valence-electron chi connectivity index (χ4n) is 3.98. The largest absolute Gasteiger partial charge is 0.455 e. The van der Waals surface area contributed by atoms with Gasteiger partial charge in [0, 0.05) is 11.2 Å². The van der Waals surface area contributed by atoms with Crippen LogP contribution in [-0.4, -0.2) is 51.8 Å². The third kappa shape index (κ3) is 6.81. The number of hydrogen-bond donors (Lipinski definition) is 2. The van der Waals surface area contributed by atoms with Gasteiger partial charge in [0.2, 0.25) is 0 Å². The van der Waals surface area contributed by atoms with Gasteiger partial charge >= 0.3 is 6.18 Å². The molecule has 1 aromatic carbocycles. The SMILES string of the molecule is Cc1cc(Cl)cc(C(=O)NCc2ccc(F)cn2)c1NC(=O)c1cc(Cn2nnc(C(F)(F)F)n2)nn1-c1ncccc1Cl. The van der Waals surface area contributed by atoms with Gasteiger partial charge in [-0.15, -0.1) is 10.2 Å². The van der Waals surface area contributed by atoms with Crippen molar-refractivity contribution >= 4 is 40.7 Å². The molecule has 4 aromatic heterocycles. The topological polar surface area (TPSA) is 145 Å². The lowest BCUT2D eigenvalue weighted by Gasteiger charge is -2.15. The molecule has 0 spiro atoms. The number of pyridine rings is 2. The second-order valence-electron chi connectivity index (χ2n) is 9.13. The first-order chi connectivity index (χ1) is 20.9. The Labute approximate surface area is 255 Å². The molecule has 0 bridgehead atoms. The van der Waals surface area contributed by atoms with Crippen molar-refractivity contribution in [1.82, 2.24) is 45.3 Å². The maximum atomic E-state index is 13.7. The number of benzene rings is 1. The molecule has 2 N–H and O–H groups in total. The van der Waals surface area contributed by atoms with E-state index in [0.29, 0.717) is 16.1 Å². The summed E-state index contributed by atoms with van der Waals surface area (Å²) in [5, 5.41) is 19.7. The second kappa shape index (κ2) is 12.3. The standard InChI is InChI=1S/C26H18Cl2F4N10O2/c1-13-7-14(27)8-18(23(43)35-11-16-5-4-15(29)10-34-16)21(13)36-24(44)20-9-17(12-41-39-25(37-40-41)26(30,31)32)38-42(20)22-19(28)3-2-6-33-22/h2-10H,11-12H2,1H3,(H,35,43)(H,36,44). The Bertz CT molecular complexity index is 1860. The molecule has 44 heavy (non-hydrogen) atoms. The molecule has 0 radical (unpaired) electrons. The highest BCUT2D eigenvalue weighted by atomic mass is 35.5. The number of anilines is 1. The maximum Gasteiger partial charge on any atom is 0.455 e. The van der Waals surface area contributed by atoms with Crippen LogP contribution in [0, 0.1) is 12.7 Å². The van der Waals surface area contributed by atoms with Crippen molar-refractivity contribution in [3.05, 3.63) is 105 Å². The monoisotopic (exact) mass is 648 g/mol. The fourth-order valence-corrected chi connectivity index (χ4v) is 4.45. The first-order valence-corrected chi connectivity index (χ1v) is 13.2. The summed E-state index contributed by atoms with van der Waals surface area (Å²) in [5.41, 5.74) is 0.882. The summed E-state index contributed by atoms with van der Waals surface area (Å²) < 4.78 is 53.2. The molecule has 226 valence electrons. The lowest BCUT2D eigenvalue weighted by Crippen LogP contribution is -2.26. The van der Waals surface area contributed by atoms with Gasteiger partial charge in [0.05, 0.1) is 40.4 Å². The number of tetrazole rings is 1. The third-order valence-electron chi connectivity index (χ3n) is 5.94. The molecule has 0 atom stereocenters. The summed E-state index contributed by atoms with van der Waals surface area (Å²) in [6.07, 6.45) is -2.39. The molecule has 0 saturated carbocycles. The molecule has 0 aliphatic rings. The third-order valence-corrected chi connectivity index (χ3v) is 6.46. The van der Waals surface area contributed by atoms with E-state index in [4.69, 9.17) is 23.2 Å². The number of nitrogens with zero attached hydrogens (tertiary/aromatic N) is 8. The second-order valence-corrected chi connectivity index (χ2v) is 9.98. The number of aromatic nitrogens is 8. The summed E-state index contributed by atoms with van der Waals surface area (Å²) in [6.45, 7) is 1.19. The van der Waals surface area contributed by atoms with Crippen LogP contribution in [0.3, 0.4) is 0 Å². The van der Waals surface area contributed by atoms with E-state index in [0.717, 1.165) is 10.9 Å². The van der Waals surface area contributed by atoms with Crippen LogP contribution in [0.5, 0.6) is 0 Å². The van der Waals surface area contributed by atoms with Crippen molar-refractivity contribution in [3.63, 3.8) is 0 Å². The van der Waals surface area contributed by atoms with Gasteiger partial charge in [0.1, 0.15) is 18.1 Å². The highest BCUT2D eigenvalue weighted by molar-refractivity contribution is 6.32. The number of carbonyl (C=O) groups excluding carboxylic acids is 2. The molecule has 5 rings (SSSR count). The highest BCUT2D eigenvalue weighted by Gasteiger charge is 2.37. The van der Waals surface area contributed by atoms with Crippen molar-refractivity contribution in [2.75, 3.05) is 5.32 Å². The van der Waals surface area contributed by atoms with Crippen molar-refractivity contribution in [3.8, 4) is 5.82 Å². The highest BCUT2D eigenvalue weighted by Crippen LogP contribution is 2.28. The van der Waals surface area contributed by atoms with Gasteiger partial charge in [0.15, 0.2) is 5.82 Å². The van der Waals surface area contributed by atoms with Crippen LogP contribution in [0.15, 0.2) is 54.9 Å². The minimum absolute atomic E-state index is 0.0131. The molecule has 0 aliphatic heterocycles. The zero-order chi connectivity index (χ0) is 31.6. The van der Waals surface area contributed by atoms with Crippen LogP contribution in [-0.2, 0) is 19.3 Å². The van der Waals surface area contributed by atoms with E-state index in [-0.39, 0.29) is 51.6 Å². The lowest BCUT2D eigenvalue weighted by atomic mass is 10.1. The minimum Gasteiger partial charge on any atom is -0.346 e. The Balaban J connectivity index is 1.46. The fraction of sp³-hybridized carbons (Fsp3) is 0.154. The van der Waals surface area contributed by atoms with Gasteiger partial charge in [0.25, 0.3) is 17.6 Å². The number of carbonyl (C=O) groups is 2. The van der Waals surface area contributed by atoms with E-state index in [1.54, 1.807) is 13.0 Å². The van der Waals surface area contributed by atoms with E-state index < -0.39 is 29.6 Å². The average molecular weight is 649 g/mol. The van der Waals surface area contributed by atoms with E-state index >= 15 is 0 Å². The number of rotatable bonds is 8. The van der Waals surface area contributed by atoms with Gasteiger partial charge in [-0.3, -0.25) is 14.6 Å². The predicted molar refractivity (Wildman–Crippen MR) is 148 cm³/mol. The number of hydrogen-bond acceptors (Lipinski definition) is 8. The molecule has 4 heterocycles. The summed E-state index contributed by atoms with van der Waals surface area (Å²) in [4.78, 5) is 35.6. The van der Waals surface area contributed by atoms with Crippen molar-refractivity contribution in [1.29, 1.82) is 0 Å². The Morgan fingerprint density at radius 1 is 1.00 bits per heavy atom. The van der Waals surface area contributed by atoms with Crippen LogP contribution in [0.1, 0.15) is 43.6 Å². The predicted octanol–water partition coefficient (Wildman–Crippen LogP) is 4.65. The molecule has 0 saturated heterocycles. The Kier molecular flexibility index (Phi) is 8.55. The molecule has 18 heteroatoms. The molecule has 0 aliphatic carbocycles. The zero-order valence-corrected chi connectivity index (χ0v) is 23.8. The summed E-state index contributed by atoms with van der Waals surface area (Å²) in [6, 6.07) is 9.82. The number of nitrogens with one attached hydrogen (secondary N) is 2. The van der Waals surface area contributed by atoms with E-state index in [1.165, 1.54) is 42.6 Å². The Hall–Kier alpha value is -4.96. The molecule has 0 fully saturated rings. The van der Waals surface area contributed by atoms with E-state index in [1.807, 2.05) is 0 Å². The van der Waals surface area contributed by atoms with Crippen LogP contribution in [0.4, 0.5) is 23.2 Å². The summed E-state index contributed by atoms with van der Waals surface area (Å²) in [5.74, 6) is -3.31. The maximum absolute atomic E-state index is 13.7. The summed E-state index contributed by atoms with van der Waals surface area (Å²) >= 11 is 12.5. The first kappa shape index (κ1) is 30.5. The van der Waals surface area contributed by atoms with Crippen molar-refractivity contribution in [2.24, 2.45) is 0 Å². The Morgan fingerprint density at radius 3 is 2.48 bits per heavy atom. The summed E-state index contributed by atoms with van der Waals surface area (Å²) in [7, 11) is 0. The molecule has 0 unspecified atom stereocenters. The van der Waals surface area contributed by atoms with Gasteiger partial charge in [-0.1, -0.05) is 23.2 Å². The number of amides is 2. The smallest absolute Gasteiger partial charge is 0.346 e. The quantitative estimate of drug-likeness (QED) is 0.231. The van der Waals surface area contributed by atoms with Gasteiger partial charge in [-0.25, -0.2) is 14.1 Å². The number of aryl methyl sites for hydroxylation is 1. The molecule has 2 amide bonds. The minimum atomic E-state index is -4.81. The van der Waals surface area contributed by atoms with Gasteiger partial charge < -0.3 is 10.6 Å². The van der Waals surface area contributed by atoms with Crippen LogP contribution in [0.25, 0.3) is 5.82 Å². The number of alkyl halides is 3. The Morgan fingerprint density at radius 2 is 1.80 bits per heavy atom.